The molecular formula is C52H48N2O13. The fourth-order valence-corrected chi connectivity index (χ4v) is 9.86. The zero-order valence-corrected chi connectivity index (χ0v) is 37.0. The molecule has 0 aliphatic heterocycles. The molecule has 4 aliphatic carbocycles. The van der Waals surface area contributed by atoms with E-state index in [1.165, 1.54) is 43.4 Å². The van der Waals surface area contributed by atoms with Crippen LogP contribution in [0.25, 0.3) is 0 Å². The number of aryl methyl sites for hydroxylation is 1. The molecule has 2 amide bonds. The second-order valence-corrected chi connectivity index (χ2v) is 17.4. The Morgan fingerprint density at radius 3 is 1.72 bits per heavy atom. The smallest absolute Gasteiger partial charge is 0.339 e. The lowest BCUT2D eigenvalue weighted by atomic mass is 9.48. The Bertz CT molecular complexity index is 2740. The van der Waals surface area contributed by atoms with Gasteiger partial charge in [0.05, 0.1) is 40.0 Å². The quantitative estimate of drug-likeness (QED) is 0.0445. The van der Waals surface area contributed by atoms with E-state index in [1.54, 1.807) is 24.3 Å². The molecule has 4 aromatic rings. The Balaban J connectivity index is 1.10. The first-order valence-corrected chi connectivity index (χ1v) is 21.6. The van der Waals surface area contributed by atoms with Crippen molar-refractivity contribution in [3.63, 3.8) is 0 Å². The summed E-state index contributed by atoms with van der Waals surface area (Å²) < 4.78 is 22.4. The number of carbonyl (C=O) groups is 9. The Kier molecular flexibility index (Phi) is 13.9. The fourth-order valence-electron chi connectivity index (χ4n) is 9.86. The van der Waals surface area contributed by atoms with Crippen LogP contribution < -0.4 is 10.6 Å². The summed E-state index contributed by atoms with van der Waals surface area (Å²) in [7, 11) is 1.31. The third kappa shape index (κ3) is 10.7. The van der Waals surface area contributed by atoms with Crippen LogP contribution in [0.2, 0.25) is 0 Å². The number of esters is 4. The van der Waals surface area contributed by atoms with Crippen molar-refractivity contribution < 1.29 is 62.1 Å². The number of ketones is 3. The molecule has 15 nitrogen and oxygen atoms in total. The minimum absolute atomic E-state index is 0.0880. The number of anilines is 1. The number of nitrogens with one attached hydrogen (secondary N) is 2. The summed E-state index contributed by atoms with van der Waals surface area (Å²) in [5, 5.41) is 5.07. The molecule has 2 unspecified atom stereocenters. The molecule has 0 spiro atoms. The Morgan fingerprint density at radius 1 is 0.612 bits per heavy atom. The average molecular weight is 909 g/mol. The van der Waals surface area contributed by atoms with Crippen molar-refractivity contribution in [2.24, 2.45) is 17.3 Å². The largest absolute Gasteiger partial charge is 0.462 e. The average Bonchev–Trinajstić information content (AvgIpc) is 3.32. The third-order valence-electron chi connectivity index (χ3n) is 12.4. The van der Waals surface area contributed by atoms with Crippen LogP contribution in [0, 0.1) is 24.2 Å². The maximum Gasteiger partial charge on any atom is 0.339 e. The van der Waals surface area contributed by atoms with Crippen LogP contribution in [0.1, 0.15) is 122 Å². The predicted molar refractivity (Wildman–Crippen MR) is 242 cm³/mol. The van der Waals surface area contributed by atoms with Crippen LogP contribution in [0.5, 0.6) is 0 Å². The van der Waals surface area contributed by atoms with Crippen LogP contribution in [-0.2, 0) is 28.5 Å². The Hall–Kier alpha value is -7.81. The van der Waals surface area contributed by atoms with Crippen LogP contribution in [0.3, 0.4) is 0 Å². The van der Waals surface area contributed by atoms with Crippen LogP contribution >= 0.6 is 0 Å². The second kappa shape index (κ2) is 19.7. The topological polar surface area (TPSA) is 215 Å². The van der Waals surface area contributed by atoms with E-state index >= 15 is 0 Å². The molecule has 0 saturated heterocycles. The standard InChI is InChI=1S/C52H48N2O13/c1-5-38(55)26-64-49(62)40-15-13-33(20-42(40)45(58)53-4)44(57)34-14-16-41(50(63)65-27-39(56)6-2)43(21-34)46(59)54-37-12-8-11-36(19-37)48(61)67-52-24-31-18-32(25-52)23-51(22-31,28-52)29-66-47(60)35-10-7-9-30(3)17-35/h5-17,19-21,31-32H,1-2,18,22-29H2,3-4H3,(H,53,58)(H,54,59). The summed E-state index contributed by atoms with van der Waals surface area (Å²) in [5.74, 6) is -5.98. The molecule has 15 heteroatoms. The number of hydrogen-bond donors (Lipinski definition) is 2. The normalized spacial score (nSPS) is 19.8. The molecule has 0 radical (unpaired) electrons. The molecule has 4 aliphatic rings. The van der Waals surface area contributed by atoms with E-state index in [9.17, 15) is 43.2 Å². The van der Waals surface area contributed by atoms with E-state index in [0.29, 0.717) is 36.7 Å². The van der Waals surface area contributed by atoms with Crippen molar-refractivity contribution in [3.8, 4) is 0 Å². The molecule has 2 atom stereocenters. The van der Waals surface area contributed by atoms with Gasteiger partial charge in [-0.15, -0.1) is 0 Å². The maximum atomic E-state index is 14.1. The monoisotopic (exact) mass is 908 g/mol. The van der Waals surface area contributed by atoms with Gasteiger partial charge in [-0.2, -0.15) is 0 Å². The minimum atomic E-state index is -1.06. The highest BCUT2D eigenvalue weighted by molar-refractivity contribution is 6.16. The van der Waals surface area contributed by atoms with Crippen molar-refractivity contribution >= 4 is 58.7 Å². The number of hydrogen-bond acceptors (Lipinski definition) is 13. The van der Waals surface area contributed by atoms with Crippen molar-refractivity contribution in [1.82, 2.24) is 5.32 Å². The van der Waals surface area contributed by atoms with Crippen molar-refractivity contribution in [3.05, 3.63) is 160 Å². The molecule has 4 fully saturated rings. The summed E-state index contributed by atoms with van der Waals surface area (Å²) in [6.07, 6.45) is 6.62. The molecule has 67 heavy (non-hydrogen) atoms. The predicted octanol–water partition coefficient (Wildman–Crippen LogP) is 7.01. The van der Waals surface area contributed by atoms with Gasteiger partial charge in [0, 0.05) is 29.3 Å². The number of carbonyl (C=O) groups excluding carboxylic acids is 9. The van der Waals surface area contributed by atoms with Gasteiger partial charge in [0.25, 0.3) is 11.8 Å². The maximum absolute atomic E-state index is 14.1. The zero-order chi connectivity index (χ0) is 48.0. The molecule has 2 N–H and O–H groups in total. The molecule has 4 aromatic carbocycles. The summed E-state index contributed by atoms with van der Waals surface area (Å²) in [6.45, 7) is 7.52. The van der Waals surface area contributed by atoms with Gasteiger partial charge in [-0.05, 0) is 124 Å². The Morgan fingerprint density at radius 2 is 1.16 bits per heavy atom. The summed E-state index contributed by atoms with van der Waals surface area (Å²) in [5.41, 5.74) is -0.683. The summed E-state index contributed by atoms with van der Waals surface area (Å²) in [6, 6.07) is 20.4. The Labute approximate surface area is 385 Å². The van der Waals surface area contributed by atoms with Gasteiger partial charge in [-0.1, -0.05) is 49.1 Å². The van der Waals surface area contributed by atoms with Gasteiger partial charge in [-0.25, -0.2) is 19.2 Å². The van der Waals surface area contributed by atoms with E-state index in [4.69, 9.17) is 18.9 Å². The van der Waals surface area contributed by atoms with Crippen LogP contribution in [0.15, 0.2) is 110 Å². The van der Waals surface area contributed by atoms with Crippen LogP contribution in [0.4, 0.5) is 5.69 Å². The molecule has 0 aromatic heterocycles. The van der Waals surface area contributed by atoms with E-state index in [2.05, 4.69) is 23.8 Å². The lowest BCUT2D eigenvalue weighted by molar-refractivity contribution is -0.177. The van der Waals surface area contributed by atoms with Gasteiger partial charge in [0.1, 0.15) is 5.60 Å². The highest BCUT2D eigenvalue weighted by Gasteiger charge is 2.60. The lowest BCUT2D eigenvalue weighted by Crippen LogP contribution is -2.58. The van der Waals surface area contributed by atoms with E-state index < -0.39 is 71.9 Å². The highest BCUT2D eigenvalue weighted by atomic mass is 16.6. The zero-order valence-electron chi connectivity index (χ0n) is 37.0. The fraction of sp³-hybridized carbons (Fsp3) is 0.288. The van der Waals surface area contributed by atoms with Crippen molar-refractivity contribution in [2.45, 2.75) is 51.0 Å². The number of benzene rings is 4. The summed E-state index contributed by atoms with van der Waals surface area (Å²) in [4.78, 5) is 118. The molecular weight excluding hydrogens is 861 g/mol. The van der Waals surface area contributed by atoms with Gasteiger partial charge >= 0.3 is 23.9 Å². The van der Waals surface area contributed by atoms with Gasteiger partial charge in [0.2, 0.25) is 0 Å². The van der Waals surface area contributed by atoms with Gasteiger partial charge in [0.15, 0.2) is 30.6 Å². The van der Waals surface area contributed by atoms with Crippen molar-refractivity contribution in [2.75, 3.05) is 32.2 Å². The van der Waals surface area contributed by atoms with Gasteiger partial charge < -0.3 is 29.6 Å². The molecule has 4 bridgehead atoms. The van der Waals surface area contributed by atoms with Gasteiger partial charge in [-0.3, -0.25) is 24.0 Å². The summed E-state index contributed by atoms with van der Waals surface area (Å²) >= 11 is 0. The first kappa shape index (κ1) is 47.2. The first-order chi connectivity index (χ1) is 32.0. The molecule has 0 heterocycles. The second-order valence-electron chi connectivity index (χ2n) is 17.4. The highest BCUT2D eigenvalue weighted by Crippen LogP contribution is 2.63. The molecule has 8 rings (SSSR count). The van der Waals surface area contributed by atoms with E-state index in [0.717, 1.165) is 49.1 Å². The van der Waals surface area contributed by atoms with Crippen LogP contribution in [-0.4, -0.2) is 85.5 Å². The molecule has 344 valence electrons. The SMILES string of the molecule is C=CC(=O)COC(=O)c1ccc(C(=O)c2ccc(C(=O)OCC(=O)C=C)c(C(=O)Nc3cccc(C(=O)OC45CC6CC(CC(COC(=O)c7cccc(C)c7)(C6)C4)C5)c3)c2)cc1C(=O)NC. The third-order valence-corrected chi connectivity index (χ3v) is 12.4. The van der Waals surface area contributed by atoms with Crippen molar-refractivity contribution in [1.29, 1.82) is 0 Å². The number of ether oxygens (including phenoxy) is 4. The lowest BCUT2D eigenvalue weighted by Gasteiger charge is -2.60. The number of rotatable bonds is 18. The first-order valence-electron chi connectivity index (χ1n) is 21.6. The molecule has 4 saturated carbocycles. The number of amides is 2. The minimum Gasteiger partial charge on any atom is -0.462 e. The van der Waals surface area contributed by atoms with E-state index in [1.807, 2.05) is 19.1 Å². The van der Waals surface area contributed by atoms with E-state index in [-0.39, 0.29) is 56.7 Å².